The molecular weight excluding hydrogens is 218 g/mol. The zero-order valence-corrected chi connectivity index (χ0v) is 8.74. The number of hydrogen-bond donors (Lipinski definition) is 1. The number of nitrogens with one attached hydrogen (secondary N) is 1. The molecule has 88 valence electrons. The molecule has 0 saturated heterocycles. The first kappa shape index (κ1) is 12.4. The van der Waals surface area contributed by atoms with E-state index in [1.807, 2.05) is 0 Å². The summed E-state index contributed by atoms with van der Waals surface area (Å²) < 4.78 is 28.8. The van der Waals surface area contributed by atoms with Crippen molar-refractivity contribution in [2.75, 3.05) is 18.5 Å². The van der Waals surface area contributed by atoms with E-state index in [0.717, 1.165) is 0 Å². The van der Waals surface area contributed by atoms with Gasteiger partial charge in [-0.15, -0.1) is 0 Å². The number of ether oxygens (including phenoxy) is 1. The second-order valence-corrected chi connectivity index (χ2v) is 2.89. The van der Waals surface area contributed by atoms with Crippen molar-refractivity contribution in [1.82, 2.24) is 4.98 Å². The molecule has 1 aromatic heterocycles. The lowest BCUT2D eigenvalue weighted by atomic mass is 10.2. The van der Waals surface area contributed by atoms with Gasteiger partial charge in [0.2, 0.25) is 0 Å². The lowest BCUT2D eigenvalue weighted by Crippen LogP contribution is -2.15. The predicted molar refractivity (Wildman–Crippen MR) is 54.7 cm³/mol. The van der Waals surface area contributed by atoms with Gasteiger partial charge in [0.15, 0.2) is 0 Å². The maximum absolute atomic E-state index is 12.0. The van der Waals surface area contributed by atoms with Crippen LogP contribution in [-0.4, -0.2) is 30.5 Å². The van der Waals surface area contributed by atoms with E-state index in [1.54, 1.807) is 13.0 Å². The highest BCUT2D eigenvalue weighted by molar-refractivity contribution is 5.94. The number of hydrogen-bond acceptors (Lipinski definition) is 4. The molecule has 0 aliphatic rings. The third kappa shape index (κ3) is 3.45. The van der Waals surface area contributed by atoms with Crippen LogP contribution < -0.4 is 5.32 Å². The van der Waals surface area contributed by atoms with Crippen LogP contribution in [0.15, 0.2) is 18.3 Å². The minimum atomic E-state index is -2.50. The number of esters is 1. The van der Waals surface area contributed by atoms with Crippen LogP contribution >= 0.6 is 0 Å². The molecule has 0 atom stereocenters. The number of rotatable bonds is 5. The van der Waals surface area contributed by atoms with Crippen LogP contribution in [0.2, 0.25) is 0 Å². The number of carbonyl (C=O) groups is 1. The van der Waals surface area contributed by atoms with E-state index in [0.29, 0.717) is 0 Å². The molecule has 6 heteroatoms. The summed E-state index contributed by atoms with van der Waals surface area (Å²) >= 11 is 0. The number of nitrogens with zero attached hydrogens (tertiary/aromatic N) is 1. The molecule has 4 nitrogen and oxygen atoms in total. The Morgan fingerprint density at radius 1 is 1.62 bits per heavy atom. The molecule has 16 heavy (non-hydrogen) atoms. The van der Waals surface area contributed by atoms with Crippen LogP contribution in [0, 0.1) is 0 Å². The number of halogens is 2. The van der Waals surface area contributed by atoms with Crippen molar-refractivity contribution in [3.63, 3.8) is 0 Å². The summed E-state index contributed by atoms with van der Waals surface area (Å²) in [5, 5.41) is 2.39. The Kier molecular flexibility index (Phi) is 4.63. The van der Waals surface area contributed by atoms with Gasteiger partial charge >= 0.3 is 5.97 Å². The lowest BCUT2D eigenvalue weighted by molar-refractivity contribution is 0.0526. The molecule has 0 saturated carbocycles. The van der Waals surface area contributed by atoms with E-state index in [9.17, 15) is 13.6 Å². The summed E-state index contributed by atoms with van der Waals surface area (Å²) in [5.41, 5.74) is 0.157. The summed E-state index contributed by atoms with van der Waals surface area (Å²) in [5.74, 6) is -0.464. The number of pyridine rings is 1. The summed E-state index contributed by atoms with van der Waals surface area (Å²) in [6.45, 7) is 1.34. The number of carbonyl (C=O) groups excluding carboxylic acids is 1. The maximum Gasteiger partial charge on any atom is 0.341 e. The van der Waals surface area contributed by atoms with Gasteiger partial charge in [-0.3, -0.25) is 0 Å². The van der Waals surface area contributed by atoms with Crippen LogP contribution in [-0.2, 0) is 4.74 Å². The summed E-state index contributed by atoms with van der Waals surface area (Å²) in [6, 6.07) is 3.01. The fourth-order valence-corrected chi connectivity index (χ4v) is 1.09. The van der Waals surface area contributed by atoms with Crippen molar-refractivity contribution in [2.24, 2.45) is 0 Å². The average Bonchev–Trinajstić information content (AvgIpc) is 2.27. The third-order valence-corrected chi connectivity index (χ3v) is 1.73. The molecule has 1 heterocycles. The first-order chi connectivity index (χ1) is 7.65. The van der Waals surface area contributed by atoms with Crippen LogP contribution in [0.4, 0.5) is 14.6 Å². The van der Waals surface area contributed by atoms with Gasteiger partial charge < -0.3 is 10.1 Å². The predicted octanol–water partition coefficient (Wildman–Crippen LogP) is 1.94. The topological polar surface area (TPSA) is 51.2 Å². The molecule has 0 aliphatic carbocycles. The SMILES string of the molecule is CCOC(=O)c1cccnc1NCC(F)F. The molecule has 1 rings (SSSR count). The number of anilines is 1. The molecule has 0 spiro atoms. The van der Waals surface area contributed by atoms with Crippen LogP contribution in [0.3, 0.4) is 0 Å². The molecule has 0 aliphatic heterocycles. The van der Waals surface area contributed by atoms with Crippen molar-refractivity contribution in [1.29, 1.82) is 0 Å². The quantitative estimate of drug-likeness (QED) is 0.785. The van der Waals surface area contributed by atoms with Gasteiger partial charge in [-0.05, 0) is 19.1 Å². The highest BCUT2D eigenvalue weighted by atomic mass is 19.3. The lowest BCUT2D eigenvalue weighted by Gasteiger charge is -2.09. The monoisotopic (exact) mass is 230 g/mol. The van der Waals surface area contributed by atoms with Gasteiger partial charge in [0.25, 0.3) is 6.43 Å². The van der Waals surface area contributed by atoms with Crippen LogP contribution in [0.1, 0.15) is 17.3 Å². The second kappa shape index (κ2) is 5.99. The third-order valence-electron chi connectivity index (χ3n) is 1.73. The van der Waals surface area contributed by atoms with E-state index >= 15 is 0 Å². The Bertz CT molecular complexity index is 358. The van der Waals surface area contributed by atoms with E-state index in [4.69, 9.17) is 4.74 Å². The van der Waals surface area contributed by atoms with Crippen molar-refractivity contribution in [3.05, 3.63) is 23.9 Å². The number of aromatic nitrogens is 1. The van der Waals surface area contributed by atoms with E-state index < -0.39 is 18.9 Å². The molecule has 1 aromatic rings. The van der Waals surface area contributed by atoms with Gasteiger partial charge in [-0.2, -0.15) is 0 Å². The fourth-order valence-electron chi connectivity index (χ4n) is 1.09. The first-order valence-electron chi connectivity index (χ1n) is 4.79. The molecule has 0 amide bonds. The normalized spacial score (nSPS) is 10.2. The molecule has 1 N–H and O–H groups in total. The van der Waals surface area contributed by atoms with Gasteiger partial charge in [0.05, 0.1) is 13.2 Å². The molecular formula is C10H12F2N2O2. The van der Waals surface area contributed by atoms with Crippen LogP contribution in [0.25, 0.3) is 0 Å². The zero-order chi connectivity index (χ0) is 12.0. The first-order valence-corrected chi connectivity index (χ1v) is 4.79. The largest absolute Gasteiger partial charge is 0.462 e. The standard InChI is InChI=1S/C10H12F2N2O2/c1-2-16-10(15)7-4-3-5-13-9(7)14-6-8(11)12/h3-5,8H,2,6H2,1H3,(H,13,14). The fraction of sp³-hybridized carbons (Fsp3) is 0.400. The molecule has 0 aromatic carbocycles. The Morgan fingerprint density at radius 2 is 2.38 bits per heavy atom. The minimum absolute atomic E-state index is 0.112. The van der Waals surface area contributed by atoms with Crippen molar-refractivity contribution >= 4 is 11.8 Å². The van der Waals surface area contributed by atoms with Gasteiger partial charge in [0.1, 0.15) is 11.4 Å². The maximum atomic E-state index is 12.0. The zero-order valence-electron chi connectivity index (χ0n) is 8.74. The number of alkyl halides is 2. The highest BCUT2D eigenvalue weighted by Gasteiger charge is 2.13. The summed E-state index contributed by atoms with van der Waals surface area (Å²) in [6.07, 6.45) is -1.09. The van der Waals surface area contributed by atoms with Gasteiger partial charge in [-0.1, -0.05) is 0 Å². The molecule has 0 unspecified atom stereocenters. The van der Waals surface area contributed by atoms with Gasteiger partial charge in [-0.25, -0.2) is 18.6 Å². The average molecular weight is 230 g/mol. The Balaban J connectivity index is 2.78. The smallest absolute Gasteiger partial charge is 0.341 e. The minimum Gasteiger partial charge on any atom is -0.462 e. The summed E-state index contributed by atoms with van der Waals surface area (Å²) in [4.78, 5) is 15.2. The van der Waals surface area contributed by atoms with Crippen molar-refractivity contribution in [2.45, 2.75) is 13.3 Å². The Morgan fingerprint density at radius 3 is 3.00 bits per heavy atom. The van der Waals surface area contributed by atoms with Crippen molar-refractivity contribution in [3.8, 4) is 0 Å². The van der Waals surface area contributed by atoms with E-state index in [1.165, 1.54) is 12.3 Å². The molecule has 0 bridgehead atoms. The second-order valence-electron chi connectivity index (χ2n) is 2.89. The molecule has 0 fully saturated rings. The molecule has 0 radical (unpaired) electrons. The highest BCUT2D eigenvalue weighted by Crippen LogP contribution is 2.13. The van der Waals surface area contributed by atoms with E-state index in [2.05, 4.69) is 10.3 Å². The van der Waals surface area contributed by atoms with Gasteiger partial charge in [0, 0.05) is 6.20 Å². The Labute approximate surface area is 91.6 Å². The summed E-state index contributed by atoms with van der Waals surface area (Å²) in [7, 11) is 0. The Hall–Kier alpha value is -1.72. The van der Waals surface area contributed by atoms with Crippen molar-refractivity contribution < 1.29 is 18.3 Å². The van der Waals surface area contributed by atoms with E-state index in [-0.39, 0.29) is 18.0 Å². The van der Waals surface area contributed by atoms with Crippen LogP contribution in [0.5, 0.6) is 0 Å².